The van der Waals surface area contributed by atoms with E-state index in [1.807, 2.05) is 18.7 Å². The van der Waals surface area contributed by atoms with Gasteiger partial charge in [0.05, 0.1) is 29.5 Å². The van der Waals surface area contributed by atoms with Gasteiger partial charge in [-0.3, -0.25) is 4.79 Å². The first-order valence-electron chi connectivity index (χ1n) is 11.0. The summed E-state index contributed by atoms with van der Waals surface area (Å²) in [6.07, 6.45) is -0.889. The van der Waals surface area contributed by atoms with Gasteiger partial charge in [-0.05, 0) is 63.2 Å². The molecule has 1 aliphatic heterocycles. The first-order chi connectivity index (χ1) is 15.8. The molecule has 33 heavy (non-hydrogen) atoms. The number of halogens is 1. The van der Waals surface area contributed by atoms with Crippen molar-refractivity contribution in [3.05, 3.63) is 48.3 Å². The summed E-state index contributed by atoms with van der Waals surface area (Å²) >= 11 is 0. The molecule has 0 spiro atoms. The highest BCUT2D eigenvalue weighted by Gasteiger charge is 2.28. The van der Waals surface area contributed by atoms with Gasteiger partial charge in [0.25, 0.3) is 5.91 Å². The molecule has 2 aromatic carbocycles. The molecular weight excluding hydrogens is 449 g/mol. The molecule has 8 nitrogen and oxygen atoms in total. The van der Waals surface area contributed by atoms with E-state index in [1.165, 1.54) is 34.6 Å². The van der Waals surface area contributed by atoms with Gasteiger partial charge in [-0.2, -0.15) is 4.31 Å². The smallest absolute Gasteiger partial charge is 0.265 e. The van der Waals surface area contributed by atoms with Crippen LogP contribution in [0.1, 0.15) is 20.8 Å². The number of sulfonamides is 1. The lowest BCUT2D eigenvalue weighted by molar-refractivity contribution is -0.122. The molecule has 1 saturated heterocycles. The number of nitrogens with one attached hydrogen (secondary N) is 1. The zero-order valence-electron chi connectivity index (χ0n) is 19.1. The average molecular weight is 480 g/mol. The van der Waals surface area contributed by atoms with Crippen LogP contribution in [0.5, 0.6) is 5.75 Å². The molecule has 1 N–H and O–H groups in total. The molecular formula is C23H30FN3O5S. The lowest BCUT2D eigenvalue weighted by Gasteiger charge is -2.28. The monoisotopic (exact) mass is 479 g/mol. The summed E-state index contributed by atoms with van der Waals surface area (Å²) in [4.78, 5) is 15.0. The van der Waals surface area contributed by atoms with E-state index in [9.17, 15) is 17.6 Å². The van der Waals surface area contributed by atoms with E-state index < -0.39 is 27.9 Å². The molecule has 1 fully saturated rings. The Bertz CT molecular complexity index is 1050. The third-order valence-electron chi connectivity index (χ3n) is 5.43. The van der Waals surface area contributed by atoms with Gasteiger partial charge < -0.3 is 19.7 Å². The summed E-state index contributed by atoms with van der Waals surface area (Å²) in [5, 5.41) is 2.82. The van der Waals surface area contributed by atoms with Gasteiger partial charge in [0.15, 0.2) is 6.10 Å². The summed E-state index contributed by atoms with van der Waals surface area (Å²) in [6, 6.07) is 10.1. The lowest BCUT2D eigenvalue weighted by atomic mass is 10.2. The highest BCUT2D eigenvalue weighted by molar-refractivity contribution is 7.89. The van der Waals surface area contributed by atoms with Crippen LogP contribution in [-0.2, 0) is 19.6 Å². The molecule has 10 heteroatoms. The number of morpholine rings is 1. The van der Waals surface area contributed by atoms with Gasteiger partial charge >= 0.3 is 0 Å². The third kappa shape index (κ3) is 6.01. The van der Waals surface area contributed by atoms with Crippen molar-refractivity contribution in [3.8, 4) is 5.75 Å². The number of amides is 1. The van der Waals surface area contributed by atoms with Crippen molar-refractivity contribution in [2.45, 2.75) is 31.8 Å². The Morgan fingerprint density at radius 1 is 1.15 bits per heavy atom. The Kier molecular flexibility index (Phi) is 8.28. The maximum Gasteiger partial charge on any atom is 0.265 e. The molecule has 0 bridgehead atoms. The van der Waals surface area contributed by atoms with Crippen molar-refractivity contribution < 1.29 is 27.1 Å². The lowest BCUT2D eigenvalue weighted by Crippen LogP contribution is -2.40. The second-order valence-corrected chi connectivity index (χ2v) is 9.51. The van der Waals surface area contributed by atoms with Crippen molar-refractivity contribution >= 4 is 27.3 Å². The number of carbonyl (C=O) groups is 1. The molecule has 0 aliphatic carbocycles. The number of hydrogen-bond acceptors (Lipinski definition) is 6. The topological polar surface area (TPSA) is 88.2 Å². The fourth-order valence-corrected chi connectivity index (χ4v) is 4.99. The second kappa shape index (κ2) is 11.0. The summed E-state index contributed by atoms with van der Waals surface area (Å²) < 4.78 is 51.7. The summed E-state index contributed by atoms with van der Waals surface area (Å²) in [7, 11) is -3.73. The first kappa shape index (κ1) is 24.9. The third-order valence-corrected chi connectivity index (χ3v) is 7.33. The molecule has 1 amide bonds. The van der Waals surface area contributed by atoms with Gasteiger partial charge in [0.2, 0.25) is 10.0 Å². The molecule has 3 rings (SSSR count). The summed E-state index contributed by atoms with van der Waals surface area (Å²) in [5.41, 5.74) is 1.09. The van der Waals surface area contributed by atoms with Crippen molar-refractivity contribution in [2.75, 3.05) is 49.6 Å². The predicted octanol–water partition coefficient (Wildman–Crippen LogP) is 3.10. The van der Waals surface area contributed by atoms with Gasteiger partial charge in [0.1, 0.15) is 11.6 Å². The van der Waals surface area contributed by atoms with Crippen LogP contribution in [0.3, 0.4) is 0 Å². The number of hydrogen-bond donors (Lipinski definition) is 1. The van der Waals surface area contributed by atoms with Gasteiger partial charge in [0, 0.05) is 26.2 Å². The zero-order chi connectivity index (χ0) is 24.0. The van der Waals surface area contributed by atoms with E-state index in [2.05, 4.69) is 5.32 Å². The molecule has 1 unspecified atom stereocenters. The average Bonchev–Trinajstić information content (AvgIpc) is 2.82. The van der Waals surface area contributed by atoms with Gasteiger partial charge in [-0.25, -0.2) is 12.8 Å². The van der Waals surface area contributed by atoms with Crippen molar-refractivity contribution in [1.82, 2.24) is 4.31 Å². The summed E-state index contributed by atoms with van der Waals surface area (Å²) in [6.45, 7) is 8.14. The Balaban J connectivity index is 1.87. The van der Waals surface area contributed by atoms with E-state index in [1.54, 1.807) is 19.1 Å². The Labute approximate surface area is 194 Å². The maximum atomic E-state index is 13.1. The van der Waals surface area contributed by atoms with Crippen LogP contribution < -0.4 is 15.0 Å². The number of benzene rings is 2. The number of rotatable bonds is 9. The quantitative estimate of drug-likeness (QED) is 0.595. The normalized spacial score (nSPS) is 15.6. The molecule has 180 valence electrons. The Morgan fingerprint density at radius 3 is 2.39 bits per heavy atom. The van der Waals surface area contributed by atoms with E-state index in [-0.39, 0.29) is 18.0 Å². The highest BCUT2D eigenvalue weighted by atomic mass is 32.2. The molecule has 2 aromatic rings. The number of ether oxygens (including phenoxy) is 2. The SMILES string of the molecule is CCN(CC)c1ccc(S(=O)(=O)N2CCOCC2)cc1NC(=O)C(C)Oc1ccc(F)cc1. The first-order valence-corrected chi connectivity index (χ1v) is 12.4. The Morgan fingerprint density at radius 2 is 1.79 bits per heavy atom. The van der Waals surface area contributed by atoms with Gasteiger partial charge in [-0.1, -0.05) is 0 Å². The van der Waals surface area contributed by atoms with Crippen LogP contribution in [0.25, 0.3) is 0 Å². The molecule has 1 heterocycles. The largest absolute Gasteiger partial charge is 0.481 e. The van der Waals surface area contributed by atoms with Crippen molar-refractivity contribution in [3.63, 3.8) is 0 Å². The molecule has 0 saturated carbocycles. The van der Waals surface area contributed by atoms with E-state index in [0.29, 0.717) is 43.4 Å². The predicted molar refractivity (Wildman–Crippen MR) is 125 cm³/mol. The van der Waals surface area contributed by atoms with Crippen LogP contribution >= 0.6 is 0 Å². The van der Waals surface area contributed by atoms with Crippen LogP contribution in [0, 0.1) is 5.82 Å². The number of anilines is 2. The van der Waals surface area contributed by atoms with E-state index in [0.717, 1.165) is 0 Å². The molecule has 0 aromatic heterocycles. The highest BCUT2D eigenvalue weighted by Crippen LogP contribution is 2.31. The van der Waals surface area contributed by atoms with Gasteiger partial charge in [-0.15, -0.1) is 0 Å². The summed E-state index contributed by atoms with van der Waals surface area (Å²) in [5.74, 6) is -0.498. The van der Waals surface area contributed by atoms with Crippen LogP contribution in [0.2, 0.25) is 0 Å². The van der Waals surface area contributed by atoms with Crippen molar-refractivity contribution in [1.29, 1.82) is 0 Å². The number of nitrogens with zero attached hydrogens (tertiary/aromatic N) is 2. The molecule has 1 atom stereocenters. The fourth-order valence-electron chi connectivity index (χ4n) is 3.56. The minimum Gasteiger partial charge on any atom is -0.481 e. The van der Waals surface area contributed by atoms with Crippen LogP contribution in [-0.4, -0.2) is 64.1 Å². The standard InChI is InChI=1S/C23H30FN3O5S/c1-4-26(5-2)22-11-10-20(33(29,30)27-12-14-31-15-13-27)16-21(22)25-23(28)17(3)32-19-8-6-18(24)7-9-19/h6-11,16-17H,4-5,12-15H2,1-3H3,(H,25,28). The van der Waals surface area contributed by atoms with Crippen LogP contribution in [0.4, 0.5) is 15.8 Å². The van der Waals surface area contributed by atoms with E-state index >= 15 is 0 Å². The molecule has 0 radical (unpaired) electrons. The number of carbonyl (C=O) groups excluding carboxylic acids is 1. The van der Waals surface area contributed by atoms with Crippen molar-refractivity contribution in [2.24, 2.45) is 0 Å². The fraction of sp³-hybridized carbons (Fsp3) is 0.435. The zero-order valence-corrected chi connectivity index (χ0v) is 19.9. The Hall–Kier alpha value is -2.69. The minimum atomic E-state index is -3.73. The second-order valence-electron chi connectivity index (χ2n) is 7.57. The van der Waals surface area contributed by atoms with E-state index in [4.69, 9.17) is 9.47 Å². The maximum absolute atomic E-state index is 13.1. The van der Waals surface area contributed by atoms with Crippen LogP contribution in [0.15, 0.2) is 47.4 Å². The molecule has 1 aliphatic rings. The minimum absolute atomic E-state index is 0.0997.